The Labute approximate surface area is 106 Å². The number of hydrogen-bond acceptors (Lipinski definition) is 3. The molecule has 0 radical (unpaired) electrons. The predicted octanol–water partition coefficient (Wildman–Crippen LogP) is 1.96. The van der Waals surface area contributed by atoms with Crippen molar-refractivity contribution in [2.45, 2.75) is 11.9 Å². The summed E-state index contributed by atoms with van der Waals surface area (Å²) in [5.74, 6) is -0.206. The molecule has 1 aromatic carbocycles. The molecular weight excluding hydrogens is 250 g/mol. The van der Waals surface area contributed by atoms with Gasteiger partial charge in [0.25, 0.3) is 0 Å². The molecule has 0 aliphatic heterocycles. The van der Waals surface area contributed by atoms with Gasteiger partial charge in [-0.25, -0.2) is 8.42 Å². The van der Waals surface area contributed by atoms with E-state index in [2.05, 4.69) is 4.98 Å². The molecule has 0 saturated carbocycles. The summed E-state index contributed by atoms with van der Waals surface area (Å²) < 4.78 is 22.8. The molecule has 0 aliphatic rings. The van der Waals surface area contributed by atoms with Gasteiger partial charge in [0, 0.05) is 11.8 Å². The minimum absolute atomic E-state index is 0.0688. The van der Waals surface area contributed by atoms with E-state index < -0.39 is 9.84 Å². The molecule has 0 atom stereocenters. The molecule has 0 fully saturated rings. The Morgan fingerprint density at radius 2 is 1.78 bits per heavy atom. The highest BCUT2D eigenvalue weighted by molar-refractivity contribution is 7.90. The molecule has 0 saturated heterocycles. The lowest BCUT2D eigenvalue weighted by Gasteiger charge is -1.99. The summed E-state index contributed by atoms with van der Waals surface area (Å²) in [6, 6.07) is 10.2. The number of aromatic nitrogens is 1. The zero-order valence-electron chi connectivity index (χ0n) is 10.1. The van der Waals surface area contributed by atoms with Crippen LogP contribution in [0.1, 0.15) is 21.6 Å². The Morgan fingerprint density at radius 1 is 1.17 bits per heavy atom. The summed E-state index contributed by atoms with van der Waals surface area (Å²) >= 11 is 0. The van der Waals surface area contributed by atoms with Crippen LogP contribution in [-0.4, -0.2) is 25.4 Å². The highest BCUT2D eigenvalue weighted by atomic mass is 32.2. The average Bonchev–Trinajstić information content (AvgIpc) is 2.71. The van der Waals surface area contributed by atoms with Crippen molar-refractivity contribution in [3.63, 3.8) is 0 Å². The highest BCUT2D eigenvalue weighted by Gasteiger charge is 2.18. The van der Waals surface area contributed by atoms with E-state index in [1.165, 1.54) is 6.07 Å². The van der Waals surface area contributed by atoms with E-state index in [4.69, 9.17) is 0 Å². The van der Waals surface area contributed by atoms with Gasteiger partial charge < -0.3 is 4.98 Å². The lowest BCUT2D eigenvalue weighted by atomic mass is 10.1. The third kappa shape index (κ3) is 2.36. The summed E-state index contributed by atoms with van der Waals surface area (Å²) in [4.78, 5) is 14.9. The number of sulfone groups is 1. The van der Waals surface area contributed by atoms with Gasteiger partial charge in [-0.1, -0.05) is 30.3 Å². The van der Waals surface area contributed by atoms with Gasteiger partial charge in [-0.2, -0.15) is 0 Å². The van der Waals surface area contributed by atoms with Gasteiger partial charge in [-0.3, -0.25) is 4.79 Å². The van der Waals surface area contributed by atoms with Crippen molar-refractivity contribution >= 4 is 15.6 Å². The van der Waals surface area contributed by atoms with Crippen LogP contribution in [0.5, 0.6) is 0 Å². The first-order valence-electron chi connectivity index (χ1n) is 5.39. The summed E-state index contributed by atoms with van der Waals surface area (Å²) in [5.41, 5.74) is 1.48. The maximum absolute atomic E-state index is 12.2. The van der Waals surface area contributed by atoms with Crippen LogP contribution in [0, 0.1) is 6.92 Å². The normalized spacial score (nSPS) is 11.4. The van der Waals surface area contributed by atoms with E-state index in [0.717, 1.165) is 6.26 Å². The van der Waals surface area contributed by atoms with Crippen molar-refractivity contribution < 1.29 is 13.2 Å². The van der Waals surface area contributed by atoms with Gasteiger partial charge in [-0.15, -0.1) is 0 Å². The zero-order chi connectivity index (χ0) is 13.3. The van der Waals surface area contributed by atoms with Crippen molar-refractivity contribution in [2.75, 3.05) is 6.26 Å². The fourth-order valence-corrected chi connectivity index (χ4v) is 2.37. The molecule has 4 nitrogen and oxygen atoms in total. The van der Waals surface area contributed by atoms with Gasteiger partial charge >= 0.3 is 0 Å². The topological polar surface area (TPSA) is 67.0 Å². The molecule has 0 amide bonds. The molecule has 0 spiro atoms. The Morgan fingerprint density at radius 3 is 2.28 bits per heavy atom. The molecule has 94 valence electrons. The maximum Gasteiger partial charge on any atom is 0.209 e. The molecule has 2 aromatic rings. The standard InChI is InChI=1S/C13H13NO3S/c1-9-8-11(18(2,16)17)14-12(9)13(15)10-6-4-3-5-7-10/h3-8,14H,1-2H3. The lowest BCUT2D eigenvalue weighted by molar-refractivity contribution is 0.103. The first kappa shape index (κ1) is 12.6. The van der Waals surface area contributed by atoms with E-state index in [1.54, 1.807) is 31.2 Å². The van der Waals surface area contributed by atoms with Crippen LogP contribution in [0.15, 0.2) is 41.4 Å². The van der Waals surface area contributed by atoms with Crippen LogP contribution in [0.3, 0.4) is 0 Å². The number of carbonyl (C=O) groups excluding carboxylic acids is 1. The highest BCUT2D eigenvalue weighted by Crippen LogP contribution is 2.17. The van der Waals surface area contributed by atoms with Crippen LogP contribution >= 0.6 is 0 Å². The number of hydrogen-bond donors (Lipinski definition) is 1. The monoisotopic (exact) mass is 263 g/mol. The first-order chi connectivity index (χ1) is 8.39. The molecule has 1 heterocycles. The number of aromatic amines is 1. The Hall–Kier alpha value is -1.88. The lowest BCUT2D eigenvalue weighted by Crippen LogP contribution is -2.04. The number of carbonyl (C=O) groups is 1. The van der Waals surface area contributed by atoms with E-state index in [0.29, 0.717) is 16.8 Å². The minimum atomic E-state index is -3.33. The maximum atomic E-state index is 12.2. The van der Waals surface area contributed by atoms with E-state index in [1.807, 2.05) is 6.07 Å². The molecule has 2 rings (SSSR count). The van der Waals surface area contributed by atoms with Crippen LogP contribution in [0.2, 0.25) is 0 Å². The van der Waals surface area contributed by atoms with E-state index >= 15 is 0 Å². The first-order valence-corrected chi connectivity index (χ1v) is 7.28. The molecule has 1 aromatic heterocycles. The van der Waals surface area contributed by atoms with Crippen molar-refractivity contribution in [1.29, 1.82) is 0 Å². The second kappa shape index (κ2) is 4.42. The van der Waals surface area contributed by atoms with Crippen LogP contribution in [0.4, 0.5) is 0 Å². The second-order valence-electron chi connectivity index (χ2n) is 4.16. The molecule has 0 unspecified atom stereocenters. The summed E-state index contributed by atoms with van der Waals surface area (Å²) in [6.45, 7) is 1.71. The van der Waals surface area contributed by atoms with Gasteiger partial charge in [-0.05, 0) is 18.6 Å². The van der Waals surface area contributed by atoms with Crippen LogP contribution < -0.4 is 0 Å². The number of aryl methyl sites for hydroxylation is 1. The molecule has 18 heavy (non-hydrogen) atoms. The van der Waals surface area contributed by atoms with Gasteiger partial charge in [0.2, 0.25) is 5.78 Å². The third-order valence-corrected chi connectivity index (χ3v) is 3.67. The minimum Gasteiger partial charge on any atom is -0.343 e. The SMILES string of the molecule is Cc1cc(S(C)(=O)=O)[nH]c1C(=O)c1ccccc1. The molecule has 1 N–H and O–H groups in total. The molecule has 0 bridgehead atoms. The number of nitrogens with one attached hydrogen (secondary N) is 1. The largest absolute Gasteiger partial charge is 0.343 e. The van der Waals surface area contributed by atoms with Crippen molar-refractivity contribution in [3.8, 4) is 0 Å². The third-order valence-electron chi connectivity index (χ3n) is 2.65. The van der Waals surface area contributed by atoms with Gasteiger partial charge in [0.1, 0.15) is 5.03 Å². The van der Waals surface area contributed by atoms with Gasteiger partial charge in [0.05, 0.1) is 5.69 Å². The fourth-order valence-electron chi connectivity index (χ4n) is 1.70. The van der Waals surface area contributed by atoms with E-state index in [-0.39, 0.29) is 10.8 Å². The molecular formula is C13H13NO3S. The van der Waals surface area contributed by atoms with Crippen LogP contribution in [-0.2, 0) is 9.84 Å². The average molecular weight is 263 g/mol. The predicted molar refractivity (Wildman–Crippen MR) is 68.5 cm³/mol. The van der Waals surface area contributed by atoms with Crippen LogP contribution in [0.25, 0.3) is 0 Å². The Bertz CT molecular complexity index is 684. The number of H-pyrrole nitrogens is 1. The van der Waals surface area contributed by atoms with E-state index in [9.17, 15) is 13.2 Å². The fraction of sp³-hybridized carbons (Fsp3) is 0.154. The summed E-state index contributed by atoms with van der Waals surface area (Å²) in [5, 5.41) is 0.0688. The smallest absolute Gasteiger partial charge is 0.209 e. The second-order valence-corrected chi connectivity index (χ2v) is 6.14. The quantitative estimate of drug-likeness (QED) is 0.861. The summed E-state index contributed by atoms with van der Waals surface area (Å²) in [6.07, 6.45) is 1.11. The number of rotatable bonds is 3. The Balaban J connectivity index is 2.47. The zero-order valence-corrected chi connectivity index (χ0v) is 10.9. The van der Waals surface area contributed by atoms with Crippen molar-refractivity contribution in [1.82, 2.24) is 4.98 Å². The summed E-state index contributed by atoms with van der Waals surface area (Å²) in [7, 11) is -3.33. The molecule has 5 heteroatoms. The van der Waals surface area contributed by atoms with Crippen molar-refractivity contribution in [3.05, 3.63) is 53.2 Å². The Kier molecular flexibility index (Phi) is 3.09. The van der Waals surface area contributed by atoms with Crippen molar-refractivity contribution in [2.24, 2.45) is 0 Å². The van der Waals surface area contributed by atoms with Gasteiger partial charge in [0.15, 0.2) is 9.84 Å². The number of ketones is 1. The molecule has 0 aliphatic carbocycles. The number of benzene rings is 1.